The van der Waals surface area contributed by atoms with Gasteiger partial charge in [-0.3, -0.25) is 0 Å². The van der Waals surface area contributed by atoms with Gasteiger partial charge in [0.1, 0.15) is 0 Å². The van der Waals surface area contributed by atoms with Gasteiger partial charge in [0.2, 0.25) is 0 Å². The fourth-order valence-electron chi connectivity index (χ4n) is 1.94. The summed E-state index contributed by atoms with van der Waals surface area (Å²) in [6.45, 7) is 3.15. The molecular weight excluding hydrogens is 266 g/mol. The summed E-state index contributed by atoms with van der Waals surface area (Å²) in [6, 6.07) is 8.88. The van der Waals surface area contributed by atoms with Crippen LogP contribution in [0.2, 0.25) is 0 Å². The van der Waals surface area contributed by atoms with Crippen molar-refractivity contribution in [1.29, 1.82) is 0 Å². The van der Waals surface area contributed by atoms with E-state index in [1.165, 1.54) is 5.56 Å². The molecule has 0 spiro atoms. The highest BCUT2D eigenvalue weighted by Crippen LogP contribution is 2.15. The molecule has 104 valence electrons. The van der Waals surface area contributed by atoms with Crippen molar-refractivity contribution in [1.82, 2.24) is 14.9 Å². The molecule has 0 saturated carbocycles. The third kappa shape index (κ3) is 4.16. The Labute approximate surface area is 124 Å². The third-order valence-corrected chi connectivity index (χ3v) is 3.94. The van der Waals surface area contributed by atoms with Crippen molar-refractivity contribution in [3.63, 3.8) is 0 Å². The molecule has 0 aliphatic rings. The third-order valence-electron chi connectivity index (χ3n) is 3.08. The molecule has 0 aliphatic carbocycles. The number of rotatable bonds is 7. The van der Waals surface area contributed by atoms with Gasteiger partial charge in [-0.15, -0.1) is 18.2 Å². The summed E-state index contributed by atoms with van der Waals surface area (Å²) in [5, 5.41) is 3.50. The molecule has 3 nitrogen and oxygen atoms in total. The van der Waals surface area contributed by atoms with Crippen molar-refractivity contribution in [3.8, 4) is 18.0 Å². The molecule has 0 fully saturated rings. The number of aromatic nitrogens is 2. The zero-order valence-corrected chi connectivity index (χ0v) is 12.4. The molecule has 0 aliphatic heterocycles. The first-order chi connectivity index (χ1) is 9.81. The number of terminal acetylenes is 1. The van der Waals surface area contributed by atoms with Gasteiger partial charge in [-0.1, -0.05) is 18.1 Å². The lowest BCUT2D eigenvalue weighted by molar-refractivity contribution is 0.601. The first-order valence-corrected chi connectivity index (χ1v) is 7.79. The Morgan fingerprint density at radius 3 is 2.85 bits per heavy atom. The highest BCUT2D eigenvalue weighted by Gasteiger charge is 2.04. The molecular formula is C16H19N3S. The number of imidazole rings is 1. The molecule has 1 aromatic carbocycles. The van der Waals surface area contributed by atoms with Crippen molar-refractivity contribution in [3.05, 3.63) is 48.5 Å². The number of nitrogens with zero attached hydrogens (tertiary/aromatic N) is 2. The summed E-state index contributed by atoms with van der Waals surface area (Å²) in [4.78, 5) is 4.06. The van der Waals surface area contributed by atoms with Crippen LogP contribution in [0.4, 0.5) is 0 Å². The maximum atomic E-state index is 5.22. The number of benzene rings is 1. The van der Waals surface area contributed by atoms with Gasteiger partial charge < -0.3 is 9.88 Å². The Morgan fingerprint density at radius 2 is 2.20 bits per heavy atom. The van der Waals surface area contributed by atoms with E-state index >= 15 is 0 Å². The maximum Gasteiger partial charge on any atom is 0.0991 e. The van der Waals surface area contributed by atoms with Crippen LogP contribution in [0.3, 0.4) is 0 Å². The Hall–Kier alpha value is -1.70. The molecule has 20 heavy (non-hydrogen) atoms. The molecule has 1 heterocycles. The van der Waals surface area contributed by atoms with Crippen LogP contribution < -0.4 is 5.32 Å². The summed E-state index contributed by atoms with van der Waals surface area (Å²) >= 11 is 1.78. The second-order valence-electron chi connectivity index (χ2n) is 4.49. The molecule has 1 N–H and O–H groups in total. The topological polar surface area (TPSA) is 29.9 Å². The van der Waals surface area contributed by atoms with Gasteiger partial charge in [-0.05, 0) is 24.6 Å². The highest BCUT2D eigenvalue weighted by molar-refractivity contribution is 7.99. The van der Waals surface area contributed by atoms with E-state index in [2.05, 4.69) is 47.4 Å². The number of nitrogens with one attached hydrogen (secondary N) is 1. The van der Waals surface area contributed by atoms with E-state index in [0.29, 0.717) is 6.04 Å². The van der Waals surface area contributed by atoms with E-state index < -0.39 is 0 Å². The highest BCUT2D eigenvalue weighted by atomic mass is 32.2. The predicted molar refractivity (Wildman–Crippen MR) is 86.1 cm³/mol. The van der Waals surface area contributed by atoms with Crippen molar-refractivity contribution >= 4 is 11.8 Å². The summed E-state index contributed by atoms with van der Waals surface area (Å²) in [5.74, 6) is 4.47. The monoisotopic (exact) mass is 285 g/mol. The predicted octanol–water partition coefficient (Wildman–Crippen LogP) is 2.89. The van der Waals surface area contributed by atoms with E-state index in [1.807, 2.05) is 10.8 Å². The number of hydrogen-bond donors (Lipinski definition) is 1. The molecule has 0 bridgehead atoms. The normalized spacial score (nSPS) is 12.0. The van der Waals surface area contributed by atoms with Gasteiger partial charge in [0.05, 0.1) is 12.1 Å². The van der Waals surface area contributed by atoms with Crippen LogP contribution in [-0.4, -0.2) is 27.6 Å². The van der Waals surface area contributed by atoms with Gasteiger partial charge in [0, 0.05) is 36.4 Å². The lowest BCUT2D eigenvalue weighted by Gasteiger charge is -2.14. The molecule has 1 aromatic heterocycles. The SMILES string of the molecule is C#CCSCCNC(C)c1ccc(-n2ccnc2)cc1. The first-order valence-electron chi connectivity index (χ1n) is 6.64. The summed E-state index contributed by atoms with van der Waals surface area (Å²) < 4.78 is 2.00. The molecule has 2 rings (SSSR count). The minimum Gasteiger partial charge on any atom is -0.309 e. The molecule has 2 aromatic rings. The van der Waals surface area contributed by atoms with E-state index in [4.69, 9.17) is 6.42 Å². The average Bonchev–Trinajstić information content (AvgIpc) is 3.01. The largest absolute Gasteiger partial charge is 0.309 e. The fourth-order valence-corrected chi connectivity index (χ4v) is 2.47. The second-order valence-corrected chi connectivity index (χ2v) is 5.60. The first kappa shape index (κ1) is 14.7. The van der Waals surface area contributed by atoms with E-state index in [0.717, 1.165) is 23.7 Å². The summed E-state index contributed by atoms with van der Waals surface area (Å²) in [7, 11) is 0. The lowest BCUT2D eigenvalue weighted by atomic mass is 10.1. The van der Waals surface area contributed by atoms with Crippen molar-refractivity contribution in [2.45, 2.75) is 13.0 Å². The second kappa shape index (κ2) is 7.78. The maximum absolute atomic E-state index is 5.22. The van der Waals surface area contributed by atoms with Crippen molar-refractivity contribution in [2.75, 3.05) is 18.1 Å². The quantitative estimate of drug-likeness (QED) is 0.626. The van der Waals surface area contributed by atoms with Gasteiger partial charge in [-0.25, -0.2) is 4.98 Å². The van der Waals surface area contributed by atoms with E-state index in [1.54, 1.807) is 24.3 Å². The number of thioether (sulfide) groups is 1. The van der Waals surface area contributed by atoms with Crippen LogP contribution in [-0.2, 0) is 0 Å². The van der Waals surface area contributed by atoms with Crippen LogP contribution in [0.1, 0.15) is 18.5 Å². The summed E-state index contributed by atoms with van der Waals surface area (Å²) in [6.07, 6.45) is 10.8. The Balaban J connectivity index is 1.85. The minimum atomic E-state index is 0.346. The van der Waals surface area contributed by atoms with Gasteiger partial charge in [-0.2, -0.15) is 0 Å². The van der Waals surface area contributed by atoms with Gasteiger partial charge in [0.25, 0.3) is 0 Å². The van der Waals surface area contributed by atoms with E-state index in [9.17, 15) is 0 Å². The zero-order chi connectivity index (χ0) is 14.2. The lowest BCUT2D eigenvalue weighted by Crippen LogP contribution is -2.21. The molecule has 4 heteroatoms. The molecule has 1 atom stereocenters. The molecule has 0 radical (unpaired) electrons. The van der Waals surface area contributed by atoms with Crippen LogP contribution in [0.15, 0.2) is 43.0 Å². The molecule has 1 unspecified atom stereocenters. The Bertz CT molecular complexity index is 540. The van der Waals surface area contributed by atoms with Crippen LogP contribution >= 0.6 is 11.8 Å². The Kier molecular flexibility index (Phi) is 5.72. The van der Waals surface area contributed by atoms with E-state index in [-0.39, 0.29) is 0 Å². The fraction of sp³-hybridized carbons (Fsp3) is 0.312. The number of hydrogen-bond acceptors (Lipinski definition) is 3. The smallest absolute Gasteiger partial charge is 0.0991 e. The molecule has 0 saturated heterocycles. The molecule has 0 amide bonds. The Morgan fingerprint density at radius 1 is 1.40 bits per heavy atom. The van der Waals surface area contributed by atoms with Crippen LogP contribution in [0.25, 0.3) is 5.69 Å². The van der Waals surface area contributed by atoms with Crippen LogP contribution in [0.5, 0.6) is 0 Å². The zero-order valence-electron chi connectivity index (χ0n) is 11.6. The minimum absolute atomic E-state index is 0.346. The average molecular weight is 285 g/mol. The van der Waals surface area contributed by atoms with Crippen LogP contribution in [0, 0.1) is 12.3 Å². The van der Waals surface area contributed by atoms with Crippen molar-refractivity contribution in [2.24, 2.45) is 0 Å². The van der Waals surface area contributed by atoms with Gasteiger partial charge >= 0.3 is 0 Å². The van der Waals surface area contributed by atoms with Crippen molar-refractivity contribution < 1.29 is 0 Å². The standard InChI is InChI=1S/C16H19N3S/c1-3-11-20-12-9-18-14(2)15-4-6-16(7-5-15)19-10-8-17-13-19/h1,4-8,10,13-14,18H,9,11-12H2,2H3. The van der Waals surface area contributed by atoms with Gasteiger partial charge in [0.15, 0.2) is 0 Å². The summed E-state index contributed by atoms with van der Waals surface area (Å²) in [5.41, 5.74) is 2.42.